The van der Waals surface area contributed by atoms with E-state index in [1.165, 1.54) is 54.9 Å². The number of hydrogen-bond donors (Lipinski definition) is 0. The van der Waals surface area contributed by atoms with Crippen LogP contribution in [-0.2, 0) is 0 Å². The van der Waals surface area contributed by atoms with Crippen molar-refractivity contribution in [3.63, 3.8) is 0 Å². The summed E-state index contributed by atoms with van der Waals surface area (Å²) in [4.78, 5) is 7.32. The van der Waals surface area contributed by atoms with Gasteiger partial charge < -0.3 is 0 Å². The van der Waals surface area contributed by atoms with Crippen molar-refractivity contribution in [3.8, 4) is 33.4 Å². The molecular formula is C47H32N2. The molecule has 0 saturated heterocycles. The fraction of sp³-hybridized carbons (Fsp3) is 0. The molecule has 0 bridgehead atoms. The summed E-state index contributed by atoms with van der Waals surface area (Å²) in [5, 5.41) is 6.10. The van der Waals surface area contributed by atoms with E-state index in [4.69, 9.17) is 4.98 Å². The summed E-state index contributed by atoms with van der Waals surface area (Å²) in [5.74, 6) is 0.884. The molecule has 2 nitrogen and oxygen atoms in total. The van der Waals surface area contributed by atoms with Crippen LogP contribution in [0.4, 0.5) is 17.2 Å². The van der Waals surface area contributed by atoms with Gasteiger partial charge >= 0.3 is 0 Å². The molecule has 0 unspecified atom stereocenters. The van der Waals surface area contributed by atoms with E-state index in [2.05, 4.69) is 193 Å². The molecule has 2 heteroatoms. The molecule has 9 aromatic rings. The zero-order valence-corrected chi connectivity index (χ0v) is 26.9. The van der Waals surface area contributed by atoms with Crippen molar-refractivity contribution < 1.29 is 0 Å². The average Bonchev–Trinajstić information content (AvgIpc) is 3.18. The van der Waals surface area contributed by atoms with Crippen LogP contribution in [0.25, 0.3) is 65.8 Å². The normalized spacial score (nSPS) is 11.3. The van der Waals surface area contributed by atoms with Crippen molar-refractivity contribution in [1.29, 1.82) is 0 Å². The average molecular weight is 625 g/mol. The molecular weight excluding hydrogens is 593 g/mol. The van der Waals surface area contributed by atoms with Gasteiger partial charge in [0.25, 0.3) is 0 Å². The summed E-state index contributed by atoms with van der Waals surface area (Å²) in [6.07, 6.45) is 0. The summed E-state index contributed by atoms with van der Waals surface area (Å²) in [7, 11) is 0. The van der Waals surface area contributed by atoms with Gasteiger partial charge in [0, 0.05) is 16.8 Å². The molecule has 0 radical (unpaired) electrons. The first-order chi connectivity index (χ1) is 24.3. The molecule has 8 aromatic carbocycles. The van der Waals surface area contributed by atoms with Crippen LogP contribution in [0.15, 0.2) is 194 Å². The molecule has 0 spiro atoms. The summed E-state index contributed by atoms with van der Waals surface area (Å²) in [5.41, 5.74) is 10.5. The Bertz CT molecular complexity index is 2530. The number of fused-ring (bicyclic) bond motifs is 3. The third-order valence-electron chi connectivity index (χ3n) is 9.45. The van der Waals surface area contributed by atoms with Gasteiger partial charge in [0.15, 0.2) is 0 Å². The Morgan fingerprint density at radius 3 is 1.51 bits per heavy atom. The molecule has 1 aromatic heterocycles. The fourth-order valence-corrected chi connectivity index (χ4v) is 7.25. The zero-order chi connectivity index (χ0) is 32.6. The molecule has 0 aliphatic carbocycles. The third kappa shape index (κ3) is 5.11. The lowest BCUT2D eigenvalue weighted by molar-refractivity contribution is 1.21. The lowest BCUT2D eigenvalue weighted by atomic mass is 9.84. The van der Waals surface area contributed by atoms with E-state index >= 15 is 0 Å². The van der Waals surface area contributed by atoms with Gasteiger partial charge in [0.2, 0.25) is 0 Å². The van der Waals surface area contributed by atoms with Crippen molar-refractivity contribution in [1.82, 2.24) is 4.98 Å². The predicted molar refractivity (Wildman–Crippen MR) is 208 cm³/mol. The molecule has 0 saturated carbocycles. The number of benzene rings is 8. The number of anilines is 3. The van der Waals surface area contributed by atoms with Crippen LogP contribution < -0.4 is 4.90 Å². The Morgan fingerprint density at radius 2 is 0.837 bits per heavy atom. The quantitative estimate of drug-likeness (QED) is 0.171. The number of hydrogen-bond acceptors (Lipinski definition) is 2. The standard InChI is InChI=1S/C47H32N2/c1-3-15-33(16-4-1)38-20-8-9-21-39(38)47-42-24-12-10-22-40(42)46(41-23-11-13-25-43(41)47)35-27-30-37(31-28-35)49(36-18-5-2-6-19-36)45-32-29-34-17-7-14-26-44(34)48-45/h1-32H. The van der Waals surface area contributed by atoms with Crippen molar-refractivity contribution >= 4 is 49.6 Å². The van der Waals surface area contributed by atoms with Crippen LogP contribution in [0.5, 0.6) is 0 Å². The first-order valence-corrected chi connectivity index (χ1v) is 16.7. The second-order valence-electron chi connectivity index (χ2n) is 12.3. The minimum atomic E-state index is 0.884. The molecule has 1 heterocycles. The van der Waals surface area contributed by atoms with E-state index in [9.17, 15) is 0 Å². The van der Waals surface area contributed by atoms with Crippen molar-refractivity contribution in [2.45, 2.75) is 0 Å². The number of nitrogens with zero attached hydrogens (tertiary/aromatic N) is 2. The molecule has 0 fully saturated rings. The Hall–Kier alpha value is -6.51. The van der Waals surface area contributed by atoms with Crippen LogP contribution in [-0.4, -0.2) is 4.98 Å². The Morgan fingerprint density at radius 1 is 0.327 bits per heavy atom. The maximum atomic E-state index is 5.08. The molecule has 0 aliphatic rings. The van der Waals surface area contributed by atoms with Crippen LogP contribution in [0.2, 0.25) is 0 Å². The minimum Gasteiger partial charge on any atom is -0.295 e. The lowest BCUT2D eigenvalue weighted by Gasteiger charge is -2.25. The highest BCUT2D eigenvalue weighted by Crippen LogP contribution is 2.46. The van der Waals surface area contributed by atoms with Gasteiger partial charge in [-0.15, -0.1) is 0 Å². The number of rotatable bonds is 6. The summed E-state index contributed by atoms with van der Waals surface area (Å²) in [6.45, 7) is 0. The van der Waals surface area contributed by atoms with Gasteiger partial charge in [0.1, 0.15) is 5.82 Å². The largest absolute Gasteiger partial charge is 0.295 e. The highest BCUT2D eigenvalue weighted by Gasteiger charge is 2.20. The highest BCUT2D eigenvalue weighted by molar-refractivity contribution is 6.22. The van der Waals surface area contributed by atoms with Crippen LogP contribution in [0.1, 0.15) is 0 Å². The topological polar surface area (TPSA) is 16.1 Å². The van der Waals surface area contributed by atoms with Gasteiger partial charge in [-0.1, -0.05) is 152 Å². The zero-order valence-electron chi connectivity index (χ0n) is 26.9. The first-order valence-electron chi connectivity index (χ1n) is 16.7. The number of pyridine rings is 1. The Labute approximate surface area is 286 Å². The van der Waals surface area contributed by atoms with Gasteiger partial charge in [-0.05, 0) is 97.4 Å². The van der Waals surface area contributed by atoms with Crippen molar-refractivity contribution in [2.24, 2.45) is 0 Å². The van der Waals surface area contributed by atoms with Crippen LogP contribution in [0.3, 0.4) is 0 Å². The van der Waals surface area contributed by atoms with Gasteiger partial charge in [-0.2, -0.15) is 0 Å². The maximum Gasteiger partial charge on any atom is 0.138 e. The smallest absolute Gasteiger partial charge is 0.138 e. The molecule has 49 heavy (non-hydrogen) atoms. The van der Waals surface area contributed by atoms with Crippen LogP contribution >= 0.6 is 0 Å². The minimum absolute atomic E-state index is 0.884. The van der Waals surface area contributed by atoms with Gasteiger partial charge in [-0.25, -0.2) is 4.98 Å². The number of para-hydroxylation sites is 2. The monoisotopic (exact) mass is 624 g/mol. The molecule has 0 amide bonds. The van der Waals surface area contributed by atoms with Gasteiger partial charge in [-0.3, -0.25) is 4.90 Å². The van der Waals surface area contributed by atoms with E-state index in [1.807, 2.05) is 6.07 Å². The van der Waals surface area contributed by atoms with E-state index in [-0.39, 0.29) is 0 Å². The van der Waals surface area contributed by atoms with E-state index < -0.39 is 0 Å². The second kappa shape index (κ2) is 12.3. The second-order valence-corrected chi connectivity index (χ2v) is 12.3. The Balaban J connectivity index is 1.23. The summed E-state index contributed by atoms with van der Waals surface area (Å²) < 4.78 is 0. The molecule has 9 rings (SSSR count). The summed E-state index contributed by atoms with van der Waals surface area (Å²) in [6, 6.07) is 69.2. The molecule has 230 valence electrons. The van der Waals surface area contributed by atoms with Gasteiger partial charge in [0.05, 0.1) is 5.52 Å². The van der Waals surface area contributed by atoms with E-state index in [1.54, 1.807) is 0 Å². The van der Waals surface area contributed by atoms with Crippen molar-refractivity contribution in [2.75, 3.05) is 4.90 Å². The maximum absolute atomic E-state index is 5.08. The molecule has 0 atom stereocenters. The highest BCUT2D eigenvalue weighted by atomic mass is 15.2. The SMILES string of the molecule is c1ccc(-c2ccccc2-c2c3ccccc3c(-c3ccc(N(c4ccccc4)c4ccc5ccccc5n4)cc3)c3ccccc23)cc1. The van der Waals surface area contributed by atoms with E-state index in [0.29, 0.717) is 0 Å². The van der Waals surface area contributed by atoms with Crippen molar-refractivity contribution in [3.05, 3.63) is 194 Å². The van der Waals surface area contributed by atoms with Crippen LogP contribution in [0, 0.1) is 0 Å². The van der Waals surface area contributed by atoms with E-state index in [0.717, 1.165) is 28.1 Å². The first kappa shape index (κ1) is 28.7. The summed E-state index contributed by atoms with van der Waals surface area (Å²) >= 11 is 0. The lowest BCUT2D eigenvalue weighted by Crippen LogP contribution is -2.11. The number of aromatic nitrogens is 1. The third-order valence-corrected chi connectivity index (χ3v) is 9.45. The molecule has 0 N–H and O–H groups in total. The molecule has 0 aliphatic heterocycles. The predicted octanol–water partition coefficient (Wildman–Crippen LogP) is 13.0. The fourth-order valence-electron chi connectivity index (χ4n) is 7.25. The Kier molecular flexibility index (Phi) is 7.18.